The van der Waals surface area contributed by atoms with Gasteiger partial charge in [0.15, 0.2) is 0 Å². The second kappa shape index (κ2) is 6.39. The van der Waals surface area contributed by atoms with Gasteiger partial charge < -0.3 is 9.47 Å². The van der Waals surface area contributed by atoms with Crippen molar-refractivity contribution >= 4 is 15.9 Å². The first kappa shape index (κ1) is 15.7. The highest BCUT2D eigenvalue weighted by molar-refractivity contribution is 7.89. The van der Waals surface area contributed by atoms with Crippen molar-refractivity contribution in [3.63, 3.8) is 0 Å². The van der Waals surface area contributed by atoms with Crippen molar-refractivity contribution in [1.82, 2.24) is 9.73 Å². The minimum Gasteiger partial charge on any atom is -0.495 e. The van der Waals surface area contributed by atoms with Crippen LogP contribution in [0.25, 0.3) is 0 Å². The molecule has 21 heavy (non-hydrogen) atoms. The highest BCUT2D eigenvalue weighted by Gasteiger charge is 2.29. The fourth-order valence-electron chi connectivity index (χ4n) is 2.03. The summed E-state index contributed by atoms with van der Waals surface area (Å²) < 4.78 is 36.9. The van der Waals surface area contributed by atoms with Crippen LogP contribution in [0, 0.1) is 0 Å². The van der Waals surface area contributed by atoms with Gasteiger partial charge in [-0.2, -0.15) is 4.31 Å². The van der Waals surface area contributed by atoms with Crippen molar-refractivity contribution in [3.05, 3.63) is 23.8 Å². The van der Waals surface area contributed by atoms with Gasteiger partial charge in [-0.15, -0.1) is 0 Å². The average molecular weight is 315 g/mol. The van der Waals surface area contributed by atoms with E-state index in [2.05, 4.69) is 0 Å². The zero-order chi connectivity index (χ0) is 15.5. The van der Waals surface area contributed by atoms with Crippen molar-refractivity contribution in [1.29, 1.82) is 0 Å². The maximum Gasteiger partial charge on any atom is 0.265 e. The lowest BCUT2D eigenvalue weighted by Crippen LogP contribution is -2.40. The summed E-state index contributed by atoms with van der Waals surface area (Å²) >= 11 is 0. The first-order valence-electron chi connectivity index (χ1n) is 6.27. The van der Waals surface area contributed by atoms with Crippen LogP contribution in [0.3, 0.4) is 0 Å². The monoisotopic (exact) mass is 315 g/mol. The molecule has 1 heterocycles. The van der Waals surface area contributed by atoms with Gasteiger partial charge in [0.05, 0.1) is 20.3 Å². The van der Waals surface area contributed by atoms with Crippen LogP contribution in [0.1, 0.15) is 10.4 Å². The Kier molecular flexibility index (Phi) is 4.78. The quantitative estimate of drug-likeness (QED) is 0.433. The number of hydrogen-bond donors (Lipinski definition) is 2. The molecule has 0 atom stereocenters. The standard InChI is InChI=1S/C12H17N3O5S/c1-19-10-3-2-9(12(16)14-13)8-11(10)21(17,18)15-4-6-20-7-5-15/h2-3,8H,4-7,13H2,1H3,(H,14,16). The molecule has 1 aromatic carbocycles. The fraction of sp³-hybridized carbons (Fsp3) is 0.417. The predicted molar refractivity (Wildman–Crippen MR) is 74.2 cm³/mol. The van der Waals surface area contributed by atoms with Gasteiger partial charge in [-0.3, -0.25) is 10.2 Å². The summed E-state index contributed by atoms with van der Waals surface area (Å²) in [6.45, 7) is 1.20. The Morgan fingerprint density at radius 1 is 1.38 bits per heavy atom. The number of methoxy groups -OCH3 is 1. The van der Waals surface area contributed by atoms with Crippen LogP contribution in [-0.4, -0.2) is 52.0 Å². The lowest BCUT2D eigenvalue weighted by atomic mass is 10.2. The van der Waals surface area contributed by atoms with E-state index in [0.717, 1.165) is 0 Å². The lowest BCUT2D eigenvalue weighted by Gasteiger charge is -2.26. The van der Waals surface area contributed by atoms with E-state index in [9.17, 15) is 13.2 Å². The third kappa shape index (κ3) is 3.16. The predicted octanol–water partition coefficient (Wildman–Crippen LogP) is -0.680. The van der Waals surface area contributed by atoms with E-state index in [1.54, 1.807) is 0 Å². The van der Waals surface area contributed by atoms with Crippen molar-refractivity contribution in [2.24, 2.45) is 5.84 Å². The molecule has 116 valence electrons. The number of amides is 1. The molecule has 0 aromatic heterocycles. The summed E-state index contributed by atoms with van der Waals surface area (Å²) in [6.07, 6.45) is 0. The third-order valence-corrected chi connectivity index (χ3v) is 5.06. The van der Waals surface area contributed by atoms with Crippen LogP contribution in [0.5, 0.6) is 5.75 Å². The van der Waals surface area contributed by atoms with E-state index in [-0.39, 0.29) is 29.3 Å². The van der Waals surface area contributed by atoms with Crippen LogP contribution in [0.4, 0.5) is 0 Å². The Morgan fingerprint density at radius 3 is 2.62 bits per heavy atom. The number of nitrogens with zero attached hydrogens (tertiary/aromatic N) is 1. The number of morpholine rings is 1. The van der Waals surface area contributed by atoms with Crippen molar-refractivity contribution in [2.75, 3.05) is 33.4 Å². The second-order valence-electron chi connectivity index (χ2n) is 4.36. The number of nitrogens with one attached hydrogen (secondary N) is 1. The zero-order valence-electron chi connectivity index (χ0n) is 11.5. The molecule has 0 aliphatic carbocycles. The van der Waals surface area contributed by atoms with E-state index in [0.29, 0.717) is 13.2 Å². The first-order chi connectivity index (χ1) is 10.0. The molecular weight excluding hydrogens is 298 g/mol. The van der Waals surface area contributed by atoms with E-state index in [1.807, 2.05) is 5.43 Å². The number of sulfonamides is 1. The van der Waals surface area contributed by atoms with Crippen LogP contribution in [-0.2, 0) is 14.8 Å². The fourth-order valence-corrected chi connectivity index (χ4v) is 3.62. The Morgan fingerprint density at radius 2 is 2.05 bits per heavy atom. The number of nitrogens with two attached hydrogens (primary N) is 1. The Balaban J connectivity index is 2.46. The maximum atomic E-state index is 12.7. The molecule has 1 fully saturated rings. The Hall–Kier alpha value is -1.68. The summed E-state index contributed by atoms with van der Waals surface area (Å²) in [5.74, 6) is 4.67. The number of carbonyl (C=O) groups is 1. The highest BCUT2D eigenvalue weighted by atomic mass is 32.2. The molecule has 1 saturated heterocycles. The molecule has 1 aliphatic heterocycles. The van der Waals surface area contributed by atoms with Crippen LogP contribution >= 0.6 is 0 Å². The number of ether oxygens (including phenoxy) is 2. The van der Waals surface area contributed by atoms with Gasteiger partial charge in [-0.25, -0.2) is 14.3 Å². The van der Waals surface area contributed by atoms with Crippen LogP contribution < -0.4 is 16.0 Å². The van der Waals surface area contributed by atoms with Crippen LogP contribution in [0.2, 0.25) is 0 Å². The SMILES string of the molecule is COc1ccc(C(=O)NN)cc1S(=O)(=O)N1CCOCC1. The smallest absolute Gasteiger partial charge is 0.265 e. The number of nitrogen functional groups attached to an aromatic ring is 1. The molecular formula is C12H17N3O5S. The number of carbonyl (C=O) groups excluding carboxylic acids is 1. The summed E-state index contributed by atoms with van der Waals surface area (Å²) in [5, 5.41) is 0. The van der Waals surface area contributed by atoms with Gasteiger partial charge >= 0.3 is 0 Å². The molecule has 9 heteroatoms. The number of benzene rings is 1. The summed E-state index contributed by atoms with van der Waals surface area (Å²) in [6, 6.07) is 4.13. The van der Waals surface area contributed by atoms with E-state index in [4.69, 9.17) is 15.3 Å². The number of hydrazine groups is 1. The van der Waals surface area contributed by atoms with Gasteiger partial charge in [0.2, 0.25) is 10.0 Å². The summed E-state index contributed by atoms with van der Waals surface area (Å²) in [5.41, 5.74) is 2.11. The number of rotatable bonds is 4. The van der Waals surface area contributed by atoms with Gasteiger partial charge in [-0.05, 0) is 18.2 Å². The topological polar surface area (TPSA) is 111 Å². The normalized spacial score (nSPS) is 16.5. The van der Waals surface area contributed by atoms with Gasteiger partial charge in [0.25, 0.3) is 5.91 Å². The summed E-state index contributed by atoms with van der Waals surface area (Å²) in [7, 11) is -2.39. The minimum absolute atomic E-state index is 0.0620. The van der Waals surface area contributed by atoms with Crippen molar-refractivity contribution in [3.8, 4) is 5.75 Å². The Bertz CT molecular complexity index is 626. The van der Waals surface area contributed by atoms with Gasteiger partial charge in [-0.1, -0.05) is 0 Å². The lowest BCUT2D eigenvalue weighted by molar-refractivity contribution is 0.0729. The first-order valence-corrected chi connectivity index (χ1v) is 7.71. The largest absolute Gasteiger partial charge is 0.495 e. The minimum atomic E-state index is -3.76. The molecule has 1 aromatic rings. The zero-order valence-corrected chi connectivity index (χ0v) is 12.4. The summed E-state index contributed by atoms with van der Waals surface area (Å²) in [4.78, 5) is 11.5. The van der Waals surface area contributed by atoms with Crippen LogP contribution in [0.15, 0.2) is 23.1 Å². The highest BCUT2D eigenvalue weighted by Crippen LogP contribution is 2.28. The maximum absolute atomic E-state index is 12.7. The van der Waals surface area contributed by atoms with Gasteiger partial charge in [0, 0.05) is 18.7 Å². The van der Waals surface area contributed by atoms with Crippen molar-refractivity contribution in [2.45, 2.75) is 4.90 Å². The van der Waals surface area contributed by atoms with E-state index < -0.39 is 15.9 Å². The molecule has 2 rings (SSSR count). The molecule has 0 bridgehead atoms. The van der Waals surface area contributed by atoms with E-state index in [1.165, 1.54) is 29.6 Å². The molecule has 0 spiro atoms. The molecule has 0 radical (unpaired) electrons. The molecule has 8 nitrogen and oxygen atoms in total. The van der Waals surface area contributed by atoms with E-state index >= 15 is 0 Å². The third-order valence-electron chi connectivity index (χ3n) is 3.14. The molecule has 0 saturated carbocycles. The molecule has 3 N–H and O–H groups in total. The van der Waals surface area contributed by atoms with Gasteiger partial charge in [0.1, 0.15) is 10.6 Å². The Labute approximate surface area is 122 Å². The number of hydrogen-bond acceptors (Lipinski definition) is 6. The average Bonchev–Trinajstić information content (AvgIpc) is 2.54. The molecule has 1 amide bonds. The van der Waals surface area contributed by atoms with Crippen molar-refractivity contribution < 1.29 is 22.7 Å². The molecule has 1 aliphatic rings. The molecule has 0 unspecified atom stereocenters. The second-order valence-corrected chi connectivity index (χ2v) is 6.26.